The maximum Gasteiger partial charge on any atom is 0.151 e. The third kappa shape index (κ3) is 2.70. The van der Waals surface area contributed by atoms with Gasteiger partial charge in [-0.3, -0.25) is 0 Å². The van der Waals surface area contributed by atoms with Gasteiger partial charge in [-0.1, -0.05) is 12.1 Å². The molecule has 0 saturated carbocycles. The highest BCUT2D eigenvalue weighted by molar-refractivity contribution is 5.91. The second-order valence-electron chi connectivity index (χ2n) is 5.26. The number of fused-ring (bicyclic) bond motifs is 1. The SMILES string of the molecule is COc1ccc(OC)c(C=C(C#N)c2nc3ccccc3n2C)c1. The number of aryl methyl sites for hydroxylation is 1. The first-order chi connectivity index (χ1) is 11.7. The van der Waals surface area contributed by atoms with Crippen molar-refractivity contribution < 1.29 is 9.47 Å². The van der Waals surface area contributed by atoms with Gasteiger partial charge >= 0.3 is 0 Å². The molecular weight excluding hydrogens is 302 g/mol. The van der Waals surface area contributed by atoms with Gasteiger partial charge in [0.2, 0.25) is 0 Å². The van der Waals surface area contributed by atoms with E-state index in [1.807, 2.05) is 54.1 Å². The largest absolute Gasteiger partial charge is 0.497 e. The Labute approximate surface area is 140 Å². The Morgan fingerprint density at radius 2 is 1.96 bits per heavy atom. The van der Waals surface area contributed by atoms with Gasteiger partial charge in [-0.2, -0.15) is 5.26 Å². The summed E-state index contributed by atoms with van der Waals surface area (Å²) in [6.45, 7) is 0. The van der Waals surface area contributed by atoms with Gasteiger partial charge in [-0.25, -0.2) is 4.98 Å². The van der Waals surface area contributed by atoms with Crippen molar-refractivity contribution in [3.63, 3.8) is 0 Å². The number of hydrogen-bond donors (Lipinski definition) is 0. The molecule has 0 radical (unpaired) electrons. The molecule has 5 heteroatoms. The van der Waals surface area contributed by atoms with Crippen molar-refractivity contribution in [2.75, 3.05) is 14.2 Å². The van der Waals surface area contributed by atoms with Crippen LogP contribution in [0.4, 0.5) is 0 Å². The van der Waals surface area contributed by atoms with Crippen LogP contribution in [0.1, 0.15) is 11.4 Å². The fourth-order valence-electron chi connectivity index (χ4n) is 2.64. The topological polar surface area (TPSA) is 60.1 Å². The summed E-state index contributed by atoms with van der Waals surface area (Å²) in [6.07, 6.45) is 1.77. The van der Waals surface area contributed by atoms with Crippen LogP contribution in [0, 0.1) is 11.3 Å². The summed E-state index contributed by atoms with van der Waals surface area (Å²) < 4.78 is 12.6. The van der Waals surface area contributed by atoms with Gasteiger partial charge in [-0.05, 0) is 36.4 Å². The maximum absolute atomic E-state index is 9.64. The highest BCUT2D eigenvalue weighted by Gasteiger charge is 2.13. The highest BCUT2D eigenvalue weighted by atomic mass is 16.5. The molecule has 2 aromatic carbocycles. The van der Waals surface area contributed by atoms with Crippen molar-refractivity contribution in [1.29, 1.82) is 5.26 Å². The molecule has 0 aliphatic rings. The summed E-state index contributed by atoms with van der Waals surface area (Å²) in [5.74, 6) is 1.98. The molecule has 0 aliphatic carbocycles. The zero-order valence-corrected chi connectivity index (χ0v) is 13.8. The number of ether oxygens (including phenoxy) is 2. The number of nitrogens with zero attached hydrogens (tertiary/aromatic N) is 3. The van der Waals surface area contributed by atoms with E-state index in [0.717, 1.165) is 16.6 Å². The van der Waals surface area contributed by atoms with Crippen LogP contribution in [0.25, 0.3) is 22.7 Å². The minimum atomic E-state index is 0.459. The quantitative estimate of drug-likeness (QED) is 0.689. The predicted octanol–water partition coefficient (Wildman–Crippen LogP) is 3.65. The lowest BCUT2D eigenvalue weighted by molar-refractivity contribution is 0.402. The second kappa shape index (κ2) is 6.47. The Morgan fingerprint density at radius 1 is 1.17 bits per heavy atom. The van der Waals surface area contributed by atoms with E-state index in [-0.39, 0.29) is 0 Å². The van der Waals surface area contributed by atoms with Gasteiger partial charge in [0, 0.05) is 12.6 Å². The van der Waals surface area contributed by atoms with Crippen LogP contribution in [0.2, 0.25) is 0 Å². The van der Waals surface area contributed by atoms with Crippen molar-refractivity contribution >= 4 is 22.7 Å². The van der Waals surface area contributed by atoms with E-state index < -0.39 is 0 Å². The minimum Gasteiger partial charge on any atom is -0.497 e. The molecule has 5 nitrogen and oxygen atoms in total. The number of allylic oxidation sites excluding steroid dienone is 1. The van der Waals surface area contributed by atoms with Gasteiger partial charge in [0.1, 0.15) is 17.6 Å². The predicted molar refractivity (Wildman–Crippen MR) is 93.7 cm³/mol. The summed E-state index contributed by atoms with van der Waals surface area (Å²) in [7, 11) is 5.10. The van der Waals surface area contributed by atoms with E-state index in [0.29, 0.717) is 22.9 Å². The first-order valence-electron chi connectivity index (χ1n) is 7.43. The molecule has 0 aliphatic heterocycles. The molecule has 0 atom stereocenters. The average Bonchev–Trinajstić information content (AvgIpc) is 2.96. The number of imidazole rings is 1. The van der Waals surface area contributed by atoms with Crippen molar-refractivity contribution in [3.05, 3.63) is 53.9 Å². The minimum absolute atomic E-state index is 0.459. The third-order valence-corrected chi connectivity index (χ3v) is 3.89. The fourth-order valence-corrected chi connectivity index (χ4v) is 2.64. The molecule has 3 aromatic rings. The lowest BCUT2D eigenvalue weighted by Crippen LogP contribution is -1.97. The average molecular weight is 319 g/mol. The number of benzene rings is 2. The molecule has 1 heterocycles. The van der Waals surface area contributed by atoms with Crippen LogP contribution in [-0.4, -0.2) is 23.8 Å². The standard InChI is InChI=1S/C19H17N3O2/c1-22-17-7-5-4-6-16(17)21-19(22)14(12-20)10-13-11-15(23-2)8-9-18(13)24-3/h4-11H,1-3H3. The number of rotatable bonds is 4. The van der Waals surface area contributed by atoms with Gasteiger partial charge in [0.25, 0.3) is 0 Å². The van der Waals surface area contributed by atoms with Gasteiger partial charge in [-0.15, -0.1) is 0 Å². The van der Waals surface area contributed by atoms with Crippen LogP contribution >= 0.6 is 0 Å². The number of methoxy groups -OCH3 is 2. The molecule has 120 valence electrons. The number of nitriles is 1. The van der Waals surface area contributed by atoms with Crippen LogP contribution < -0.4 is 9.47 Å². The maximum atomic E-state index is 9.64. The van der Waals surface area contributed by atoms with Crippen LogP contribution in [0.5, 0.6) is 11.5 Å². The number of para-hydroxylation sites is 2. The summed E-state index contributed by atoms with van der Waals surface area (Å²) in [4.78, 5) is 4.58. The molecule has 0 unspecified atom stereocenters. The van der Waals surface area contributed by atoms with Gasteiger partial charge < -0.3 is 14.0 Å². The molecule has 0 bridgehead atoms. The van der Waals surface area contributed by atoms with E-state index in [1.165, 1.54) is 0 Å². The third-order valence-electron chi connectivity index (χ3n) is 3.89. The Bertz CT molecular complexity index is 964. The van der Waals surface area contributed by atoms with Crippen LogP contribution in [0.3, 0.4) is 0 Å². The fraction of sp³-hybridized carbons (Fsp3) is 0.158. The molecule has 0 fully saturated rings. The van der Waals surface area contributed by atoms with E-state index in [4.69, 9.17) is 9.47 Å². The normalized spacial score (nSPS) is 11.3. The van der Waals surface area contributed by atoms with E-state index in [9.17, 15) is 5.26 Å². The first kappa shape index (κ1) is 15.6. The molecule has 0 N–H and O–H groups in total. The van der Waals surface area contributed by atoms with Gasteiger partial charge in [0.05, 0.1) is 30.8 Å². The first-order valence-corrected chi connectivity index (χ1v) is 7.43. The van der Waals surface area contributed by atoms with Crippen molar-refractivity contribution in [2.24, 2.45) is 7.05 Å². The van der Waals surface area contributed by atoms with E-state index >= 15 is 0 Å². The van der Waals surface area contributed by atoms with Gasteiger partial charge in [0.15, 0.2) is 5.82 Å². The summed E-state index contributed by atoms with van der Waals surface area (Å²) in [5, 5.41) is 9.64. The lowest BCUT2D eigenvalue weighted by atomic mass is 10.1. The second-order valence-corrected chi connectivity index (χ2v) is 5.26. The highest BCUT2D eigenvalue weighted by Crippen LogP contribution is 2.29. The Kier molecular flexibility index (Phi) is 4.21. The van der Waals surface area contributed by atoms with Crippen LogP contribution in [-0.2, 0) is 7.05 Å². The lowest BCUT2D eigenvalue weighted by Gasteiger charge is -2.08. The number of aromatic nitrogens is 2. The zero-order valence-electron chi connectivity index (χ0n) is 13.8. The molecule has 0 saturated heterocycles. The molecule has 0 amide bonds. The molecule has 1 aromatic heterocycles. The monoisotopic (exact) mass is 319 g/mol. The molecule has 24 heavy (non-hydrogen) atoms. The summed E-state index contributed by atoms with van der Waals surface area (Å²) in [6, 6.07) is 15.5. The zero-order chi connectivity index (χ0) is 17.1. The number of hydrogen-bond acceptors (Lipinski definition) is 4. The van der Waals surface area contributed by atoms with Crippen molar-refractivity contribution in [2.45, 2.75) is 0 Å². The van der Waals surface area contributed by atoms with Crippen LogP contribution in [0.15, 0.2) is 42.5 Å². The Balaban J connectivity index is 2.16. The Morgan fingerprint density at radius 3 is 2.62 bits per heavy atom. The van der Waals surface area contributed by atoms with E-state index in [2.05, 4.69) is 11.1 Å². The summed E-state index contributed by atoms with van der Waals surface area (Å²) >= 11 is 0. The van der Waals surface area contributed by atoms with Crippen molar-refractivity contribution in [1.82, 2.24) is 9.55 Å². The smallest absolute Gasteiger partial charge is 0.151 e. The Hall–Kier alpha value is -3.26. The summed E-state index contributed by atoms with van der Waals surface area (Å²) in [5.41, 5.74) is 3.06. The molecule has 3 rings (SSSR count). The molecular formula is C19H17N3O2. The molecule has 0 spiro atoms. The van der Waals surface area contributed by atoms with E-state index in [1.54, 1.807) is 20.3 Å². The van der Waals surface area contributed by atoms with Crippen molar-refractivity contribution in [3.8, 4) is 17.6 Å².